The summed E-state index contributed by atoms with van der Waals surface area (Å²) in [6.45, 7) is 1.95. The van der Waals surface area contributed by atoms with Gasteiger partial charge in [0.15, 0.2) is 5.82 Å². The molecule has 3 rings (SSSR count). The third-order valence-corrected chi connectivity index (χ3v) is 4.14. The van der Waals surface area contributed by atoms with E-state index >= 15 is 0 Å². The van der Waals surface area contributed by atoms with Crippen molar-refractivity contribution in [3.05, 3.63) is 59.2 Å². The van der Waals surface area contributed by atoms with E-state index < -0.39 is 0 Å². The molecule has 0 aliphatic rings. The third kappa shape index (κ3) is 4.16. The van der Waals surface area contributed by atoms with Crippen LogP contribution in [0.5, 0.6) is 0 Å². The van der Waals surface area contributed by atoms with Crippen molar-refractivity contribution >= 4 is 40.4 Å². The van der Waals surface area contributed by atoms with Crippen LogP contribution >= 0.6 is 11.6 Å². The number of nitrogens with one attached hydrogen (secondary N) is 2. The van der Waals surface area contributed by atoms with Crippen molar-refractivity contribution in [2.45, 2.75) is 6.92 Å². The third-order valence-electron chi connectivity index (χ3n) is 3.73. The molecule has 0 bridgehead atoms. The molecular formula is C18H19ClN6. The summed E-state index contributed by atoms with van der Waals surface area (Å²) in [5.41, 5.74) is 3.85. The van der Waals surface area contributed by atoms with Crippen LogP contribution < -0.4 is 15.5 Å². The summed E-state index contributed by atoms with van der Waals surface area (Å²) < 4.78 is 0. The van der Waals surface area contributed by atoms with Crippen LogP contribution in [0.2, 0.25) is 5.02 Å². The molecule has 0 aliphatic carbocycles. The second-order valence-corrected chi connectivity index (χ2v) is 6.18. The predicted molar refractivity (Wildman–Crippen MR) is 103 cm³/mol. The highest BCUT2D eigenvalue weighted by Crippen LogP contribution is 2.25. The van der Waals surface area contributed by atoms with Crippen LogP contribution in [-0.2, 0) is 0 Å². The first-order valence-electron chi connectivity index (χ1n) is 7.79. The van der Waals surface area contributed by atoms with E-state index in [2.05, 4.69) is 25.8 Å². The summed E-state index contributed by atoms with van der Waals surface area (Å²) in [7, 11) is 4.00. The van der Waals surface area contributed by atoms with Crippen LogP contribution in [0.1, 0.15) is 5.56 Å². The Morgan fingerprint density at radius 2 is 1.76 bits per heavy atom. The average Bonchev–Trinajstić information content (AvgIpc) is 2.60. The highest BCUT2D eigenvalue weighted by molar-refractivity contribution is 6.31. The number of aromatic nitrogens is 3. The van der Waals surface area contributed by atoms with E-state index in [1.807, 2.05) is 68.4 Å². The largest absolute Gasteiger partial charge is 0.378 e. The number of benzene rings is 2. The molecule has 0 radical (unpaired) electrons. The van der Waals surface area contributed by atoms with Gasteiger partial charge < -0.3 is 15.5 Å². The first kappa shape index (κ1) is 17.0. The van der Waals surface area contributed by atoms with Crippen LogP contribution in [0.15, 0.2) is 48.7 Å². The molecule has 6 nitrogen and oxygen atoms in total. The Labute approximate surface area is 151 Å². The van der Waals surface area contributed by atoms with Gasteiger partial charge in [-0.2, -0.15) is 10.1 Å². The molecule has 0 fully saturated rings. The van der Waals surface area contributed by atoms with Crippen molar-refractivity contribution in [1.82, 2.24) is 15.2 Å². The zero-order valence-corrected chi connectivity index (χ0v) is 15.0. The van der Waals surface area contributed by atoms with E-state index in [0.717, 1.165) is 22.6 Å². The lowest BCUT2D eigenvalue weighted by Gasteiger charge is -2.13. The molecule has 0 atom stereocenters. The van der Waals surface area contributed by atoms with E-state index in [0.29, 0.717) is 16.8 Å². The van der Waals surface area contributed by atoms with Gasteiger partial charge in [-0.15, -0.1) is 5.10 Å². The number of rotatable bonds is 5. The number of hydrogen-bond acceptors (Lipinski definition) is 6. The maximum absolute atomic E-state index is 6.15. The minimum absolute atomic E-state index is 0.419. The van der Waals surface area contributed by atoms with Gasteiger partial charge in [0.05, 0.1) is 6.20 Å². The molecule has 0 aliphatic heterocycles. The van der Waals surface area contributed by atoms with Gasteiger partial charge in [-0.3, -0.25) is 0 Å². The molecule has 1 heterocycles. The number of hydrogen-bond donors (Lipinski definition) is 2. The lowest BCUT2D eigenvalue weighted by atomic mass is 10.2. The Kier molecular flexibility index (Phi) is 5.00. The van der Waals surface area contributed by atoms with E-state index in [4.69, 9.17) is 11.6 Å². The van der Waals surface area contributed by atoms with E-state index in [1.165, 1.54) is 0 Å². The fraction of sp³-hybridized carbons (Fsp3) is 0.167. The van der Waals surface area contributed by atoms with E-state index in [1.54, 1.807) is 6.20 Å². The standard InChI is InChI=1S/C18H19ClN6/c1-12-15(19)5-4-6-16(12)22-17-11-20-24-18(23-17)21-13-7-9-14(10-8-13)25(2)3/h4-11H,1-3H3,(H2,21,22,23,24). The molecule has 0 saturated heterocycles. The van der Waals surface area contributed by atoms with Gasteiger partial charge in [-0.05, 0) is 48.9 Å². The van der Waals surface area contributed by atoms with Gasteiger partial charge in [-0.25, -0.2) is 0 Å². The Bertz CT molecular complexity index is 864. The highest BCUT2D eigenvalue weighted by atomic mass is 35.5. The van der Waals surface area contributed by atoms with Gasteiger partial charge in [0, 0.05) is 36.2 Å². The summed E-state index contributed by atoms with van der Waals surface area (Å²) in [5.74, 6) is 1.01. The quantitative estimate of drug-likeness (QED) is 0.708. The lowest BCUT2D eigenvalue weighted by Crippen LogP contribution is -2.08. The molecule has 2 N–H and O–H groups in total. The van der Waals surface area contributed by atoms with Gasteiger partial charge in [-0.1, -0.05) is 17.7 Å². The van der Waals surface area contributed by atoms with Gasteiger partial charge in [0.2, 0.25) is 5.95 Å². The summed E-state index contributed by atoms with van der Waals surface area (Å²) in [6.07, 6.45) is 1.57. The molecule has 0 amide bonds. The molecule has 7 heteroatoms. The zero-order valence-electron chi connectivity index (χ0n) is 14.3. The molecule has 1 aromatic heterocycles. The second kappa shape index (κ2) is 7.36. The summed E-state index contributed by atoms with van der Waals surface area (Å²) in [4.78, 5) is 6.48. The Hall–Kier alpha value is -2.86. The van der Waals surface area contributed by atoms with E-state index in [9.17, 15) is 0 Å². The SMILES string of the molecule is Cc1c(Cl)cccc1Nc1cnnc(Nc2ccc(N(C)C)cc2)n1. The van der Waals surface area contributed by atoms with Gasteiger partial charge >= 0.3 is 0 Å². The Morgan fingerprint density at radius 3 is 2.48 bits per heavy atom. The molecule has 25 heavy (non-hydrogen) atoms. The molecular weight excluding hydrogens is 336 g/mol. The van der Waals surface area contributed by atoms with Gasteiger partial charge in [0.25, 0.3) is 0 Å². The minimum Gasteiger partial charge on any atom is -0.378 e. The maximum Gasteiger partial charge on any atom is 0.249 e. The smallest absolute Gasteiger partial charge is 0.249 e. The molecule has 3 aromatic rings. The predicted octanol–water partition coefficient (Wildman–Crippen LogP) is 4.39. The minimum atomic E-state index is 0.419. The van der Waals surface area contributed by atoms with Crippen molar-refractivity contribution in [3.8, 4) is 0 Å². The monoisotopic (exact) mass is 354 g/mol. The first-order valence-corrected chi connectivity index (χ1v) is 8.17. The second-order valence-electron chi connectivity index (χ2n) is 5.77. The summed E-state index contributed by atoms with van der Waals surface area (Å²) >= 11 is 6.15. The normalized spacial score (nSPS) is 10.4. The molecule has 0 saturated carbocycles. The summed E-state index contributed by atoms with van der Waals surface area (Å²) in [5, 5.41) is 15.1. The fourth-order valence-electron chi connectivity index (χ4n) is 2.27. The first-order chi connectivity index (χ1) is 12.0. The highest BCUT2D eigenvalue weighted by Gasteiger charge is 2.06. The van der Waals surface area contributed by atoms with Crippen molar-refractivity contribution in [3.63, 3.8) is 0 Å². The lowest BCUT2D eigenvalue weighted by molar-refractivity contribution is 0.982. The van der Waals surface area contributed by atoms with Crippen molar-refractivity contribution in [2.75, 3.05) is 29.6 Å². The number of halogens is 1. The van der Waals surface area contributed by atoms with Crippen LogP contribution in [0, 0.1) is 6.92 Å². The van der Waals surface area contributed by atoms with Crippen molar-refractivity contribution in [2.24, 2.45) is 0 Å². The Balaban J connectivity index is 1.76. The van der Waals surface area contributed by atoms with Crippen LogP contribution in [-0.4, -0.2) is 29.3 Å². The Morgan fingerprint density at radius 1 is 1.00 bits per heavy atom. The van der Waals surface area contributed by atoms with Crippen molar-refractivity contribution < 1.29 is 0 Å². The van der Waals surface area contributed by atoms with Crippen LogP contribution in [0.25, 0.3) is 0 Å². The molecule has 0 spiro atoms. The fourth-order valence-corrected chi connectivity index (χ4v) is 2.44. The molecule has 2 aromatic carbocycles. The van der Waals surface area contributed by atoms with E-state index in [-0.39, 0.29) is 0 Å². The zero-order chi connectivity index (χ0) is 17.8. The van der Waals surface area contributed by atoms with Crippen molar-refractivity contribution in [1.29, 1.82) is 0 Å². The topological polar surface area (TPSA) is 66.0 Å². The maximum atomic E-state index is 6.15. The molecule has 0 unspecified atom stereocenters. The van der Waals surface area contributed by atoms with Crippen LogP contribution in [0.4, 0.5) is 28.8 Å². The number of nitrogens with zero attached hydrogens (tertiary/aromatic N) is 4. The molecule has 128 valence electrons. The van der Waals surface area contributed by atoms with Crippen LogP contribution in [0.3, 0.4) is 0 Å². The van der Waals surface area contributed by atoms with Gasteiger partial charge in [0.1, 0.15) is 0 Å². The summed E-state index contributed by atoms with van der Waals surface area (Å²) in [6, 6.07) is 13.7. The average molecular weight is 355 g/mol. The number of anilines is 5.